The second kappa shape index (κ2) is 7.91. The van der Waals surface area contributed by atoms with Crippen molar-refractivity contribution >= 4 is 15.2 Å². The van der Waals surface area contributed by atoms with Gasteiger partial charge in [-0.15, -0.1) is 5.75 Å². The Hall–Kier alpha value is -0.448. The third kappa shape index (κ3) is 6.07. The first-order chi connectivity index (χ1) is 6.61. The Morgan fingerprint density at radius 3 is 2.00 bits per heavy atom. The van der Waals surface area contributed by atoms with Gasteiger partial charge in [0.05, 0.1) is 0 Å². The molecule has 14 heavy (non-hydrogen) atoms. The quantitative estimate of drug-likeness (QED) is 0.682. The fraction of sp³-hybridized carbons (Fsp3) is 0.500. The minimum absolute atomic E-state index is 0.126. The molecule has 2 heteroatoms. The summed E-state index contributed by atoms with van der Waals surface area (Å²) in [6, 6.07) is 5.32. The maximum atomic E-state index is 10.8. The summed E-state index contributed by atoms with van der Waals surface area (Å²) in [5.41, 5.74) is 1.97. The molecule has 0 saturated carbocycles. The van der Waals surface area contributed by atoms with E-state index in [-0.39, 0.29) is 5.75 Å². The first-order valence-corrected chi connectivity index (χ1v) is 6.81. The summed E-state index contributed by atoms with van der Waals surface area (Å²) in [7, 11) is 0. The molecule has 0 aliphatic carbocycles. The zero-order chi connectivity index (χ0) is 11.0. The van der Waals surface area contributed by atoms with Gasteiger partial charge >= 0.3 is 39.6 Å². The van der Waals surface area contributed by atoms with Crippen molar-refractivity contribution in [1.82, 2.24) is 0 Å². The summed E-state index contributed by atoms with van der Waals surface area (Å²) < 4.78 is 0. The monoisotopic (exact) mass is 206 g/mol. The molecule has 0 atom stereocenters. The molecule has 0 N–H and O–H groups in total. The van der Waals surface area contributed by atoms with Crippen molar-refractivity contribution < 1.29 is 5.11 Å². The Morgan fingerprint density at radius 2 is 1.71 bits per heavy atom. The van der Waals surface area contributed by atoms with Gasteiger partial charge in [0.25, 0.3) is 0 Å². The number of rotatable bonds is 2. The standard InChI is InChI=1S/C8H10O.2C2H5.Al/c1-6-3-4-8(9)7(2)5-6;2*1-2;/h3-5,9H,1-2H3;2*1H2,2H3;/q;;;+1/p-1. The van der Waals surface area contributed by atoms with Gasteiger partial charge in [0.1, 0.15) is 0 Å². The van der Waals surface area contributed by atoms with Crippen LogP contribution in [-0.4, -0.2) is 15.2 Å². The van der Waals surface area contributed by atoms with E-state index >= 15 is 0 Å². The van der Waals surface area contributed by atoms with Crippen LogP contribution in [0.1, 0.15) is 25.0 Å². The molecule has 0 unspecified atom stereocenters. The van der Waals surface area contributed by atoms with Gasteiger partial charge in [-0.05, 0) is 13.8 Å². The minimum Gasteiger partial charge on any atom is -0.872 e. The number of aryl methyl sites for hydroxylation is 2. The maximum Gasteiger partial charge on any atom is -0.0398 e. The van der Waals surface area contributed by atoms with E-state index in [0.29, 0.717) is 0 Å². The van der Waals surface area contributed by atoms with Crippen LogP contribution in [0.15, 0.2) is 18.2 Å². The average molecular weight is 206 g/mol. The van der Waals surface area contributed by atoms with E-state index in [1.165, 1.54) is 10.6 Å². The summed E-state index contributed by atoms with van der Waals surface area (Å²) in [4.78, 5) is 0. The molecule has 1 aromatic rings. The molecule has 0 saturated heterocycles. The van der Waals surface area contributed by atoms with Crippen LogP contribution < -0.4 is 5.11 Å². The van der Waals surface area contributed by atoms with E-state index in [2.05, 4.69) is 13.8 Å². The van der Waals surface area contributed by atoms with Crippen LogP contribution in [0.2, 0.25) is 10.6 Å². The Bertz CT molecular complexity index is 256. The molecule has 0 aromatic heterocycles. The van der Waals surface area contributed by atoms with Crippen molar-refractivity contribution in [2.24, 2.45) is 0 Å². The van der Waals surface area contributed by atoms with Crippen LogP contribution in [0.3, 0.4) is 0 Å². The molecule has 0 fully saturated rings. The molecule has 0 spiro atoms. The van der Waals surface area contributed by atoms with Crippen LogP contribution in [0.5, 0.6) is 5.75 Å². The van der Waals surface area contributed by atoms with Gasteiger partial charge in [-0.2, -0.15) is 0 Å². The van der Waals surface area contributed by atoms with Gasteiger partial charge in [-0.1, -0.05) is 29.3 Å². The van der Waals surface area contributed by atoms with Crippen molar-refractivity contribution in [3.8, 4) is 5.75 Å². The minimum atomic E-state index is 0.126. The topological polar surface area (TPSA) is 23.1 Å². The molecule has 76 valence electrons. The summed E-state index contributed by atoms with van der Waals surface area (Å²) in [5, 5.41) is 13.6. The predicted molar refractivity (Wildman–Crippen MR) is 62.1 cm³/mol. The van der Waals surface area contributed by atoms with Gasteiger partial charge in [0.2, 0.25) is 0 Å². The van der Waals surface area contributed by atoms with E-state index in [1.807, 2.05) is 26.0 Å². The Balaban J connectivity index is 0.000000292. The van der Waals surface area contributed by atoms with Crippen LogP contribution >= 0.6 is 0 Å². The maximum absolute atomic E-state index is 10.8. The molecule has 0 bridgehead atoms. The predicted octanol–water partition coefficient (Wildman–Crippen LogP) is 2.94. The Labute approximate surface area is 93.9 Å². The van der Waals surface area contributed by atoms with Crippen LogP contribution in [0.4, 0.5) is 0 Å². The van der Waals surface area contributed by atoms with Crippen molar-refractivity contribution in [3.63, 3.8) is 0 Å². The fourth-order valence-corrected chi connectivity index (χ4v) is 1.67. The Kier molecular flexibility index (Phi) is 7.66. The zero-order valence-corrected chi connectivity index (χ0v) is 10.8. The second-order valence-corrected chi connectivity index (χ2v) is 5.58. The second-order valence-electron chi connectivity index (χ2n) is 3.37. The zero-order valence-electron chi connectivity index (χ0n) is 9.63. The van der Waals surface area contributed by atoms with Gasteiger partial charge < -0.3 is 5.11 Å². The van der Waals surface area contributed by atoms with Crippen molar-refractivity contribution in [1.29, 1.82) is 0 Å². The third-order valence-corrected chi connectivity index (χ3v) is 3.06. The SMILES string of the molecule is C[CH2][Al+][CH2]C.Cc1ccc([O-])c(C)c1. The molecule has 1 rings (SSSR count). The van der Waals surface area contributed by atoms with E-state index in [0.717, 1.165) is 26.3 Å². The normalized spacial score (nSPS) is 8.57. The summed E-state index contributed by atoms with van der Waals surface area (Å²) in [6.07, 6.45) is 0. The molecule has 0 aliphatic heterocycles. The Morgan fingerprint density at radius 1 is 1.14 bits per heavy atom. The van der Waals surface area contributed by atoms with E-state index in [1.54, 1.807) is 6.07 Å². The van der Waals surface area contributed by atoms with Gasteiger partial charge in [0.15, 0.2) is 0 Å². The number of hydrogen-bond acceptors (Lipinski definition) is 1. The van der Waals surface area contributed by atoms with E-state index in [9.17, 15) is 5.11 Å². The fourth-order valence-electron chi connectivity index (χ4n) is 1.09. The molecular weight excluding hydrogens is 187 g/mol. The average Bonchev–Trinajstić information content (AvgIpc) is 2.14. The van der Waals surface area contributed by atoms with Gasteiger partial charge in [-0.3, -0.25) is 0 Å². The smallest absolute Gasteiger partial charge is 0.0398 e. The van der Waals surface area contributed by atoms with Crippen molar-refractivity contribution in [2.45, 2.75) is 38.3 Å². The third-order valence-electron chi connectivity index (χ3n) is 1.91. The first-order valence-electron chi connectivity index (χ1n) is 5.17. The van der Waals surface area contributed by atoms with Crippen LogP contribution in [-0.2, 0) is 0 Å². The summed E-state index contributed by atoms with van der Waals surface area (Å²) in [5.74, 6) is 0.126. The largest absolute Gasteiger partial charge is 0.872 e. The molecular formula is C12H19AlO. The molecule has 0 amide bonds. The molecule has 1 aromatic carbocycles. The van der Waals surface area contributed by atoms with Crippen LogP contribution in [0, 0.1) is 13.8 Å². The van der Waals surface area contributed by atoms with Gasteiger partial charge in [-0.25, -0.2) is 0 Å². The van der Waals surface area contributed by atoms with Crippen molar-refractivity contribution in [3.05, 3.63) is 29.3 Å². The molecule has 0 radical (unpaired) electrons. The molecule has 0 aliphatic rings. The van der Waals surface area contributed by atoms with Crippen molar-refractivity contribution in [2.75, 3.05) is 0 Å². The molecule has 1 nitrogen and oxygen atoms in total. The number of benzene rings is 1. The molecule has 0 heterocycles. The first kappa shape index (κ1) is 13.6. The number of hydrogen-bond donors (Lipinski definition) is 0. The van der Waals surface area contributed by atoms with Crippen LogP contribution in [0.25, 0.3) is 0 Å². The van der Waals surface area contributed by atoms with E-state index in [4.69, 9.17) is 0 Å². The summed E-state index contributed by atoms with van der Waals surface area (Å²) in [6.45, 7) is 8.30. The summed E-state index contributed by atoms with van der Waals surface area (Å²) >= 11 is 0.815. The van der Waals surface area contributed by atoms with Gasteiger partial charge in [0, 0.05) is 0 Å². The van der Waals surface area contributed by atoms with E-state index < -0.39 is 0 Å².